The number of hydrazine groups is 1. The third-order valence-corrected chi connectivity index (χ3v) is 5.03. The summed E-state index contributed by atoms with van der Waals surface area (Å²) in [4.78, 5) is 0. The fourth-order valence-corrected chi connectivity index (χ4v) is 3.30. The molecule has 0 aromatic heterocycles. The van der Waals surface area contributed by atoms with Crippen molar-refractivity contribution in [2.24, 2.45) is 0 Å². The fraction of sp³-hybridized carbons (Fsp3) is 0.0769. The smallest absolute Gasteiger partial charge is 0.0540 e. The van der Waals surface area contributed by atoms with Crippen LogP contribution in [0, 0.1) is 0 Å². The molecule has 0 atom stereocenters. The van der Waals surface area contributed by atoms with Gasteiger partial charge in [-0.2, -0.15) is 0 Å². The van der Waals surface area contributed by atoms with Crippen LogP contribution in [-0.4, -0.2) is 0 Å². The molecule has 0 aliphatic heterocycles. The number of nitrogen functional groups attached to an aromatic ring is 2. The lowest BCUT2D eigenvalue weighted by molar-refractivity contribution is 1.19. The molecule has 30 heavy (non-hydrogen) atoms. The SMILES string of the molecule is Nc1ccc(Cc2ccc(NNc3ccc(Cc4ccc(N)cc4)cc3)cc2)cc1. The molecule has 4 nitrogen and oxygen atoms in total. The second-order valence-corrected chi connectivity index (χ2v) is 7.48. The molecule has 150 valence electrons. The van der Waals surface area contributed by atoms with Gasteiger partial charge in [0.25, 0.3) is 0 Å². The van der Waals surface area contributed by atoms with Crippen molar-refractivity contribution in [1.82, 2.24) is 0 Å². The average Bonchev–Trinajstić information content (AvgIpc) is 2.77. The van der Waals surface area contributed by atoms with Crippen LogP contribution in [0.2, 0.25) is 0 Å². The van der Waals surface area contributed by atoms with E-state index in [9.17, 15) is 0 Å². The van der Waals surface area contributed by atoms with Gasteiger partial charge >= 0.3 is 0 Å². The van der Waals surface area contributed by atoms with Crippen molar-refractivity contribution < 1.29 is 0 Å². The standard InChI is InChI=1S/C26H26N4/c27-23-9-1-19(2-10-23)17-21-5-13-25(14-6-21)29-30-26-15-7-22(8-16-26)18-20-3-11-24(28)12-4-20/h1-16,29-30H,17-18,27-28H2. The van der Waals surface area contributed by atoms with Gasteiger partial charge in [-0.25, -0.2) is 0 Å². The normalized spacial score (nSPS) is 10.5. The maximum atomic E-state index is 5.75. The highest BCUT2D eigenvalue weighted by atomic mass is 15.4. The first-order valence-corrected chi connectivity index (χ1v) is 10.0. The second kappa shape index (κ2) is 9.05. The first-order valence-electron chi connectivity index (χ1n) is 10.0. The van der Waals surface area contributed by atoms with Gasteiger partial charge in [-0.3, -0.25) is 0 Å². The van der Waals surface area contributed by atoms with Crippen molar-refractivity contribution in [3.8, 4) is 0 Å². The minimum Gasteiger partial charge on any atom is -0.399 e. The number of anilines is 4. The highest BCUT2D eigenvalue weighted by Crippen LogP contribution is 2.17. The zero-order valence-electron chi connectivity index (χ0n) is 16.8. The Morgan fingerprint density at radius 3 is 0.967 bits per heavy atom. The van der Waals surface area contributed by atoms with E-state index in [1.165, 1.54) is 22.3 Å². The first-order chi connectivity index (χ1) is 14.6. The van der Waals surface area contributed by atoms with Crippen molar-refractivity contribution in [2.45, 2.75) is 12.8 Å². The highest BCUT2D eigenvalue weighted by Gasteiger charge is 2.00. The van der Waals surface area contributed by atoms with Crippen molar-refractivity contribution in [3.05, 3.63) is 119 Å². The van der Waals surface area contributed by atoms with E-state index in [4.69, 9.17) is 11.5 Å². The lowest BCUT2D eigenvalue weighted by Crippen LogP contribution is -2.08. The van der Waals surface area contributed by atoms with Gasteiger partial charge in [0.05, 0.1) is 11.4 Å². The minimum absolute atomic E-state index is 0.794. The fourth-order valence-electron chi connectivity index (χ4n) is 3.30. The number of hydrogen-bond donors (Lipinski definition) is 4. The van der Waals surface area contributed by atoms with Crippen LogP contribution < -0.4 is 22.3 Å². The Morgan fingerprint density at radius 2 is 0.667 bits per heavy atom. The highest BCUT2D eigenvalue weighted by molar-refractivity contribution is 5.54. The number of rotatable bonds is 7. The predicted molar refractivity (Wildman–Crippen MR) is 127 cm³/mol. The molecule has 0 amide bonds. The van der Waals surface area contributed by atoms with Crippen LogP contribution in [0.5, 0.6) is 0 Å². The van der Waals surface area contributed by atoms with E-state index < -0.39 is 0 Å². The molecule has 4 rings (SSSR count). The third kappa shape index (κ3) is 5.32. The summed E-state index contributed by atoms with van der Waals surface area (Å²) < 4.78 is 0. The van der Waals surface area contributed by atoms with Crippen LogP contribution in [0.3, 0.4) is 0 Å². The summed E-state index contributed by atoms with van der Waals surface area (Å²) in [5, 5.41) is 0. The monoisotopic (exact) mass is 394 g/mol. The number of nitrogens with one attached hydrogen (secondary N) is 2. The maximum absolute atomic E-state index is 5.75. The molecule has 4 heteroatoms. The van der Waals surface area contributed by atoms with E-state index in [0.29, 0.717) is 0 Å². The van der Waals surface area contributed by atoms with E-state index in [0.717, 1.165) is 35.6 Å². The molecule has 4 aromatic carbocycles. The molecule has 0 heterocycles. The van der Waals surface area contributed by atoms with Crippen LogP contribution in [0.4, 0.5) is 22.7 Å². The molecular formula is C26H26N4. The predicted octanol–water partition coefficient (Wildman–Crippen LogP) is 5.47. The Labute approximate surface area is 177 Å². The molecule has 0 saturated carbocycles. The van der Waals surface area contributed by atoms with Gasteiger partial charge in [-0.05, 0) is 83.6 Å². The van der Waals surface area contributed by atoms with Gasteiger partial charge in [0.15, 0.2) is 0 Å². The lowest BCUT2D eigenvalue weighted by atomic mass is 10.0. The molecule has 0 unspecified atom stereocenters. The molecule has 4 aromatic rings. The van der Waals surface area contributed by atoms with Crippen LogP contribution in [0.15, 0.2) is 97.1 Å². The molecule has 0 spiro atoms. The summed E-state index contributed by atoms with van der Waals surface area (Å²) in [7, 11) is 0. The third-order valence-electron chi connectivity index (χ3n) is 5.03. The van der Waals surface area contributed by atoms with Crippen molar-refractivity contribution in [1.29, 1.82) is 0 Å². The van der Waals surface area contributed by atoms with Crippen LogP contribution >= 0.6 is 0 Å². The van der Waals surface area contributed by atoms with E-state index in [2.05, 4.69) is 83.6 Å². The Morgan fingerprint density at radius 1 is 0.400 bits per heavy atom. The Kier molecular flexibility index (Phi) is 5.85. The van der Waals surface area contributed by atoms with Crippen molar-refractivity contribution in [3.63, 3.8) is 0 Å². The minimum atomic E-state index is 0.794. The van der Waals surface area contributed by atoms with Gasteiger partial charge in [0, 0.05) is 11.4 Å². The molecule has 0 aliphatic carbocycles. The quantitative estimate of drug-likeness (QED) is 0.248. The van der Waals surface area contributed by atoms with E-state index in [-0.39, 0.29) is 0 Å². The number of hydrogen-bond acceptors (Lipinski definition) is 4. The van der Waals surface area contributed by atoms with Crippen molar-refractivity contribution in [2.75, 3.05) is 22.3 Å². The zero-order valence-corrected chi connectivity index (χ0v) is 16.8. The molecule has 6 N–H and O–H groups in total. The zero-order chi connectivity index (χ0) is 20.8. The summed E-state index contributed by atoms with van der Waals surface area (Å²) >= 11 is 0. The molecule has 0 aliphatic rings. The second-order valence-electron chi connectivity index (χ2n) is 7.48. The summed E-state index contributed by atoms with van der Waals surface area (Å²) in [5.74, 6) is 0. The van der Waals surface area contributed by atoms with Crippen LogP contribution in [0.25, 0.3) is 0 Å². The van der Waals surface area contributed by atoms with Crippen LogP contribution in [-0.2, 0) is 12.8 Å². The van der Waals surface area contributed by atoms with E-state index in [1.54, 1.807) is 0 Å². The van der Waals surface area contributed by atoms with Crippen LogP contribution in [0.1, 0.15) is 22.3 Å². The molecule has 0 saturated heterocycles. The van der Waals surface area contributed by atoms with Gasteiger partial charge in [-0.15, -0.1) is 0 Å². The summed E-state index contributed by atoms with van der Waals surface area (Å²) in [6, 6.07) is 32.9. The largest absolute Gasteiger partial charge is 0.399 e. The summed E-state index contributed by atoms with van der Waals surface area (Å²) in [5.41, 5.74) is 26.7. The lowest BCUT2D eigenvalue weighted by Gasteiger charge is -2.11. The summed E-state index contributed by atoms with van der Waals surface area (Å²) in [6.07, 6.45) is 1.78. The van der Waals surface area contributed by atoms with E-state index in [1.807, 2.05) is 24.3 Å². The maximum Gasteiger partial charge on any atom is 0.0540 e. The van der Waals surface area contributed by atoms with Gasteiger partial charge in [-0.1, -0.05) is 48.5 Å². The van der Waals surface area contributed by atoms with Gasteiger partial charge in [0.2, 0.25) is 0 Å². The Balaban J connectivity index is 1.29. The van der Waals surface area contributed by atoms with Gasteiger partial charge in [0.1, 0.15) is 0 Å². The van der Waals surface area contributed by atoms with Gasteiger partial charge < -0.3 is 22.3 Å². The topological polar surface area (TPSA) is 76.1 Å². The molecule has 0 fully saturated rings. The molecule has 0 bridgehead atoms. The number of nitrogens with two attached hydrogens (primary N) is 2. The Bertz CT molecular complexity index is 977. The first kappa shape index (κ1) is 19.4. The molecular weight excluding hydrogens is 368 g/mol. The average molecular weight is 395 g/mol. The van der Waals surface area contributed by atoms with Crippen molar-refractivity contribution >= 4 is 22.7 Å². The molecule has 0 radical (unpaired) electrons. The summed E-state index contributed by atoms with van der Waals surface area (Å²) in [6.45, 7) is 0. The number of benzene rings is 4. The Hall–Kier alpha value is -3.92. The van der Waals surface area contributed by atoms with E-state index >= 15 is 0 Å².